The van der Waals surface area contributed by atoms with E-state index in [0.717, 1.165) is 25.8 Å². The summed E-state index contributed by atoms with van der Waals surface area (Å²) in [6.07, 6.45) is 11.7. The first-order valence-corrected chi connectivity index (χ1v) is 8.25. The van der Waals surface area contributed by atoms with Gasteiger partial charge in [0.2, 0.25) is 5.91 Å². The molecule has 19 heavy (non-hydrogen) atoms. The lowest BCUT2D eigenvalue weighted by Crippen LogP contribution is -2.42. The Labute approximate surface area is 117 Å². The summed E-state index contributed by atoms with van der Waals surface area (Å²) in [6.45, 7) is 3.00. The van der Waals surface area contributed by atoms with Gasteiger partial charge in [0.25, 0.3) is 0 Å². The highest BCUT2D eigenvalue weighted by Gasteiger charge is 2.27. The summed E-state index contributed by atoms with van der Waals surface area (Å²) in [4.78, 5) is 14.7. The molecule has 0 radical (unpaired) electrons. The number of nitrogens with two attached hydrogens (primary N) is 1. The van der Waals surface area contributed by atoms with Gasteiger partial charge in [0, 0.05) is 25.0 Å². The van der Waals surface area contributed by atoms with Crippen LogP contribution in [0, 0.1) is 5.92 Å². The second-order valence-corrected chi connectivity index (χ2v) is 6.47. The zero-order valence-electron chi connectivity index (χ0n) is 12.4. The lowest BCUT2D eigenvalue weighted by molar-refractivity contribution is -0.135. The zero-order chi connectivity index (χ0) is 13.7. The minimum atomic E-state index is 0.330. The van der Waals surface area contributed by atoms with Crippen molar-refractivity contribution < 1.29 is 4.79 Å². The van der Waals surface area contributed by atoms with E-state index < -0.39 is 0 Å². The summed E-state index contributed by atoms with van der Waals surface area (Å²) < 4.78 is 0. The van der Waals surface area contributed by atoms with Gasteiger partial charge in [0.1, 0.15) is 0 Å². The average Bonchev–Trinajstić information content (AvgIpc) is 2.41. The van der Waals surface area contributed by atoms with Crippen LogP contribution in [0.3, 0.4) is 0 Å². The first-order valence-electron chi connectivity index (χ1n) is 8.25. The second kappa shape index (κ2) is 7.28. The van der Waals surface area contributed by atoms with Gasteiger partial charge in [-0.1, -0.05) is 25.7 Å². The quantitative estimate of drug-likeness (QED) is 0.850. The predicted molar refractivity (Wildman–Crippen MR) is 78.8 cm³/mol. The van der Waals surface area contributed by atoms with Gasteiger partial charge in [-0.15, -0.1) is 0 Å². The molecule has 2 unspecified atom stereocenters. The third kappa shape index (κ3) is 4.20. The number of nitrogens with zero attached hydrogens (tertiary/aromatic N) is 1. The molecule has 0 aromatic rings. The zero-order valence-corrected chi connectivity index (χ0v) is 12.4. The van der Waals surface area contributed by atoms with E-state index >= 15 is 0 Å². The highest BCUT2D eigenvalue weighted by atomic mass is 16.2. The minimum Gasteiger partial charge on any atom is -0.340 e. The molecule has 1 amide bonds. The van der Waals surface area contributed by atoms with E-state index in [1.165, 1.54) is 44.9 Å². The minimum absolute atomic E-state index is 0.330. The van der Waals surface area contributed by atoms with Crippen LogP contribution in [0.15, 0.2) is 0 Å². The third-order valence-corrected chi connectivity index (χ3v) is 4.96. The smallest absolute Gasteiger partial charge is 0.223 e. The van der Waals surface area contributed by atoms with Crippen LogP contribution in [0.5, 0.6) is 0 Å². The molecular formula is C16H30N2O. The van der Waals surface area contributed by atoms with Crippen molar-refractivity contribution >= 4 is 5.91 Å². The lowest BCUT2D eigenvalue weighted by Gasteiger charge is -2.35. The number of hydrogen-bond acceptors (Lipinski definition) is 2. The standard InChI is InChI=1S/C16H30N2O/c1-2-18(15-9-4-3-5-10-15)16(19)12-13-7-6-8-14(17)11-13/h13-15H,2-12,17H2,1H3. The molecule has 2 aliphatic rings. The number of hydrogen-bond donors (Lipinski definition) is 1. The molecule has 0 saturated heterocycles. The molecule has 110 valence electrons. The van der Waals surface area contributed by atoms with Gasteiger partial charge in [-0.25, -0.2) is 0 Å². The van der Waals surface area contributed by atoms with Crippen molar-refractivity contribution in [1.82, 2.24) is 4.90 Å². The van der Waals surface area contributed by atoms with E-state index in [1.54, 1.807) is 0 Å². The third-order valence-electron chi connectivity index (χ3n) is 4.96. The van der Waals surface area contributed by atoms with Gasteiger partial charge in [-0.2, -0.15) is 0 Å². The van der Waals surface area contributed by atoms with E-state index in [4.69, 9.17) is 5.73 Å². The van der Waals surface area contributed by atoms with Crippen molar-refractivity contribution in [3.8, 4) is 0 Å². The molecule has 0 aromatic carbocycles. The molecule has 2 fully saturated rings. The van der Waals surface area contributed by atoms with E-state index in [-0.39, 0.29) is 0 Å². The highest BCUT2D eigenvalue weighted by Crippen LogP contribution is 2.28. The molecule has 2 rings (SSSR count). The molecule has 0 aromatic heterocycles. The first kappa shape index (κ1) is 14.8. The topological polar surface area (TPSA) is 46.3 Å². The molecule has 2 saturated carbocycles. The average molecular weight is 266 g/mol. The van der Waals surface area contributed by atoms with Crippen LogP contribution in [0.2, 0.25) is 0 Å². The van der Waals surface area contributed by atoms with E-state index in [2.05, 4.69) is 11.8 Å². The first-order chi connectivity index (χ1) is 9.20. The molecule has 0 bridgehead atoms. The van der Waals surface area contributed by atoms with Gasteiger partial charge in [0.05, 0.1) is 0 Å². The maximum absolute atomic E-state index is 12.5. The number of amides is 1. The molecular weight excluding hydrogens is 236 g/mol. The molecule has 0 spiro atoms. The Hall–Kier alpha value is -0.570. The van der Waals surface area contributed by atoms with Crippen LogP contribution in [0.4, 0.5) is 0 Å². The molecule has 3 nitrogen and oxygen atoms in total. The van der Waals surface area contributed by atoms with Crippen LogP contribution >= 0.6 is 0 Å². The number of carbonyl (C=O) groups is 1. The summed E-state index contributed by atoms with van der Waals surface area (Å²) in [5, 5.41) is 0. The van der Waals surface area contributed by atoms with Crippen LogP contribution in [-0.2, 0) is 4.79 Å². The van der Waals surface area contributed by atoms with Crippen molar-refractivity contribution in [3.05, 3.63) is 0 Å². The van der Waals surface area contributed by atoms with Crippen LogP contribution in [0.25, 0.3) is 0 Å². The van der Waals surface area contributed by atoms with Crippen molar-refractivity contribution in [2.45, 2.75) is 83.2 Å². The van der Waals surface area contributed by atoms with Crippen LogP contribution in [0.1, 0.15) is 71.1 Å². The Morgan fingerprint density at radius 2 is 1.84 bits per heavy atom. The summed E-state index contributed by atoms with van der Waals surface area (Å²) in [5.41, 5.74) is 6.03. The Morgan fingerprint density at radius 1 is 1.11 bits per heavy atom. The summed E-state index contributed by atoms with van der Waals surface area (Å²) in [7, 11) is 0. The van der Waals surface area contributed by atoms with Crippen LogP contribution < -0.4 is 5.73 Å². The van der Waals surface area contributed by atoms with Crippen molar-refractivity contribution in [3.63, 3.8) is 0 Å². The summed E-state index contributed by atoms with van der Waals surface area (Å²) >= 11 is 0. The molecule has 0 heterocycles. The van der Waals surface area contributed by atoms with Crippen LogP contribution in [-0.4, -0.2) is 29.4 Å². The lowest BCUT2D eigenvalue weighted by atomic mass is 9.83. The second-order valence-electron chi connectivity index (χ2n) is 6.47. The Morgan fingerprint density at radius 3 is 2.47 bits per heavy atom. The Bertz CT molecular complexity index is 286. The van der Waals surface area contributed by atoms with E-state index in [9.17, 15) is 4.79 Å². The highest BCUT2D eigenvalue weighted by molar-refractivity contribution is 5.76. The fraction of sp³-hybridized carbons (Fsp3) is 0.938. The number of rotatable bonds is 4. The molecule has 0 aliphatic heterocycles. The van der Waals surface area contributed by atoms with E-state index in [1.807, 2.05) is 0 Å². The van der Waals surface area contributed by atoms with Crippen molar-refractivity contribution in [2.24, 2.45) is 11.7 Å². The van der Waals surface area contributed by atoms with Gasteiger partial charge >= 0.3 is 0 Å². The Kier molecular flexibility index (Phi) is 5.68. The maximum Gasteiger partial charge on any atom is 0.223 e. The van der Waals surface area contributed by atoms with Crippen molar-refractivity contribution in [1.29, 1.82) is 0 Å². The predicted octanol–water partition coefficient (Wildman–Crippen LogP) is 3.08. The fourth-order valence-electron chi connectivity index (χ4n) is 3.91. The summed E-state index contributed by atoms with van der Waals surface area (Å²) in [6, 6.07) is 0.847. The summed E-state index contributed by atoms with van der Waals surface area (Å²) in [5.74, 6) is 0.919. The fourth-order valence-corrected chi connectivity index (χ4v) is 3.91. The molecule has 2 atom stereocenters. The van der Waals surface area contributed by atoms with Gasteiger partial charge in [0.15, 0.2) is 0 Å². The maximum atomic E-state index is 12.5. The largest absolute Gasteiger partial charge is 0.340 e. The number of carbonyl (C=O) groups excluding carboxylic acids is 1. The SMILES string of the molecule is CCN(C(=O)CC1CCCC(N)C1)C1CCCCC1. The van der Waals surface area contributed by atoms with Gasteiger partial charge in [-0.05, 0) is 44.9 Å². The van der Waals surface area contributed by atoms with Gasteiger partial charge in [-0.3, -0.25) is 4.79 Å². The molecule has 3 heteroatoms. The monoisotopic (exact) mass is 266 g/mol. The van der Waals surface area contributed by atoms with Gasteiger partial charge < -0.3 is 10.6 Å². The van der Waals surface area contributed by atoms with E-state index in [0.29, 0.717) is 23.9 Å². The molecule has 2 aliphatic carbocycles. The molecule has 2 N–H and O–H groups in total. The Balaban J connectivity index is 1.85. The normalized spacial score (nSPS) is 29.2. The van der Waals surface area contributed by atoms with Crippen molar-refractivity contribution in [2.75, 3.05) is 6.54 Å².